The molecule has 1 N–H and O–H groups in total. The number of sulfone groups is 1. The van der Waals surface area contributed by atoms with Gasteiger partial charge >= 0.3 is 5.97 Å². The average Bonchev–Trinajstić information content (AvgIpc) is 3.03. The van der Waals surface area contributed by atoms with E-state index in [-0.39, 0.29) is 21.0 Å². The van der Waals surface area contributed by atoms with Crippen molar-refractivity contribution < 1.29 is 27.4 Å². The SMILES string of the molecule is CC1N=c2ccc(F)c(S(=O)(=O)c3ccc(Oc4cccc(Cl)c4)cc3)c2=C1CC(=O)O. The van der Waals surface area contributed by atoms with Gasteiger partial charge in [0.25, 0.3) is 0 Å². The van der Waals surface area contributed by atoms with Gasteiger partial charge in [-0.05, 0) is 67.1 Å². The Hall–Kier alpha value is -3.23. The molecular weight excluding hydrogens is 457 g/mol. The van der Waals surface area contributed by atoms with Crippen LogP contribution < -0.4 is 15.3 Å². The van der Waals surface area contributed by atoms with Gasteiger partial charge in [-0.15, -0.1) is 0 Å². The normalized spacial score (nSPS) is 15.2. The van der Waals surface area contributed by atoms with Crippen molar-refractivity contribution in [2.75, 3.05) is 0 Å². The van der Waals surface area contributed by atoms with Crippen LogP contribution in [0.4, 0.5) is 4.39 Å². The van der Waals surface area contributed by atoms with Crippen molar-refractivity contribution in [2.24, 2.45) is 4.99 Å². The number of carboxylic acid groups (broad SMARTS) is 1. The number of hydrogen-bond donors (Lipinski definition) is 1. The minimum absolute atomic E-state index is 0.0270. The van der Waals surface area contributed by atoms with Crippen LogP contribution in [0, 0.1) is 5.82 Å². The number of hydrogen-bond acceptors (Lipinski definition) is 5. The molecule has 32 heavy (non-hydrogen) atoms. The molecule has 0 saturated carbocycles. The van der Waals surface area contributed by atoms with Crippen LogP contribution in [0.1, 0.15) is 13.3 Å². The molecule has 0 aromatic heterocycles. The molecule has 0 radical (unpaired) electrons. The maximum atomic E-state index is 14.8. The smallest absolute Gasteiger partial charge is 0.307 e. The van der Waals surface area contributed by atoms with Crippen LogP contribution in [0.3, 0.4) is 0 Å². The van der Waals surface area contributed by atoms with Crippen molar-refractivity contribution in [1.29, 1.82) is 0 Å². The molecule has 1 aliphatic heterocycles. The van der Waals surface area contributed by atoms with Crippen molar-refractivity contribution in [3.05, 3.63) is 82.1 Å². The average molecular weight is 474 g/mol. The zero-order valence-corrected chi connectivity index (χ0v) is 18.3. The van der Waals surface area contributed by atoms with Crippen LogP contribution in [0.25, 0.3) is 5.57 Å². The van der Waals surface area contributed by atoms with E-state index in [1.54, 1.807) is 31.2 Å². The predicted octanol–water partition coefficient (Wildman–Crippen LogP) is 3.75. The molecule has 4 rings (SSSR count). The Morgan fingerprint density at radius 2 is 1.84 bits per heavy atom. The Morgan fingerprint density at radius 1 is 1.12 bits per heavy atom. The summed E-state index contributed by atoms with van der Waals surface area (Å²) in [6.07, 6.45) is -0.434. The van der Waals surface area contributed by atoms with Gasteiger partial charge in [-0.3, -0.25) is 9.79 Å². The Bertz CT molecular complexity index is 1450. The van der Waals surface area contributed by atoms with Crippen LogP contribution in [0.15, 0.2) is 75.4 Å². The summed E-state index contributed by atoms with van der Waals surface area (Å²) in [6.45, 7) is 1.65. The summed E-state index contributed by atoms with van der Waals surface area (Å²) in [5, 5.41) is 10.0. The van der Waals surface area contributed by atoms with Gasteiger partial charge in [0.2, 0.25) is 9.84 Å². The zero-order valence-electron chi connectivity index (χ0n) is 16.7. The van der Waals surface area contributed by atoms with E-state index < -0.39 is 39.0 Å². The van der Waals surface area contributed by atoms with E-state index in [0.717, 1.165) is 6.07 Å². The minimum atomic E-state index is -4.31. The van der Waals surface area contributed by atoms with Crippen molar-refractivity contribution in [3.8, 4) is 11.5 Å². The highest BCUT2D eigenvalue weighted by atomic mass is 35.5. The van der Waals surface area contributed by atoms with Gasteiger partial charge in [0, 0.05) is 10.2 Å². The number of ether oxygens (including phenoxy) is 1. The van der Waals surface area contributed by atoms with Crippen LogP contribution in [-0.4, -0.2) is 25.5 Å². The standard InChI is InChI=1S/C23H17ClFNO5S/c1-13-18(12-21(27)28)22-20(26-13)10-9-19(25)23(22)32(29,30)17-7-5-15(6-8-17)31-16-4-2-3-14(24)11-16/h2-11,13H,12H2,1H3,(H,27,28). The third kappa shape index (κ3) is 4.11. The lowest BCUT2D eigenvalue weighted by Crippen LogP contribution is -2.32. The quantitative estimate of drug-likeness (QED) is 0.588. The first-order valence-electron chi connectivity index (χ1n) is 9.56. The molecule has 0 spiro atoms. The minimum Gasteiger partial charge on any atom is -0.481 e. The van der Waals surface area contributed by atoms with E-state index in [4.69, 9.17) is 16.3 Å². The van der Waals surface area contributed by atoms with Crippen molar-refractivity contribution in [2.45, 2.75) is 29.2 Å². The summed E-state index contributed by atoms with van der Waals surface area (Å²) in [4.78, 5) is 14.9. The number of fused-ring (bicyclic) bond motifs is 1. The van der Waals surface area contributed by atoms with Crippen molar-refractivity contribution >= 4 is 33.0 Å². The lowest BCUT2D eigenvalue weighted by Gasteiger charge is -2.10. The Morgan fingerprint density at radius 3 is 2.50 bits per heavy atom. The second-order valence-electron chi connectivity index (χ2n) is 7.21. The zero-order chi connectivity index (χ0) is 23.0. The first-order valence-corrected chi connectivity index (χ1v) is 11.4. The largest absolute Gasteiger partial charge is 0.481 e. The second-order valence-corrected chi connectivity index (χ2v) is 9.53. The molecule has 6 nitrogen and oxygen atoms in total. The molecule has 1 unspecified atom stereocenters. The highest BCUT2D eigenvalue weighted by molar-refractivity contribution is 7.91. The predicted molar refractivity (Wildman–Crippen MR) is 116 cm³/mol. The number of carboxylic acids is 1. The fraction of sp³-hybridized carbons (Fsp3) is 0.130. The summed E-state index contributed by atoms with van der Waals surface area (Å²) in [5.74, 6) is -1.27. The lowest BCUT2D eigenvalue weighted by atomic mass is 10.0. The van der Waals surface area contributed by atoms with Crippen LogP contribution >= 0.6 is 11.6 Å². The van der Waals surface area contributed by atoms with E-state index in [1.165, 1.54) is 30.3 Å². The molecule has 0 aliphatic carbocycles. The molecule has 1 aliphatic rings. The van der Waals surface area contributed by atoms with Crippen LogP contribution in [0.5, 0.6) is 11.5 Å². The fourth-order valence-corrected chi connectivity index (χ4v) is 5.33. The van der Waals surface area contributed by atoms with E-state index in [0.29, 0.717) is 16.5 Å². The summed E-state index contributed by atoms with van der Waals surface area (Å²) in [5.41, 5.74) is 0.256. The van der Waals surface area contributed by atoms with E-state index in [1.807, 2.05) is 0 Å². The molecule has 9 heteroatoms. The summed E-state index contributed by atoms with van der Waals surface area (Å²) in [6, 6.07) is 14.0. The van der Waals surface area contributed by atoms with Gasteiger partial charge < -0.3 is 9.84 Å². The van der Waals surface area contributed by atoms with Gasteiger partial charge in [0.05, 0.1) is 22.7 Å². The highest BCUT2D eigenvalue weighted by Gasteiger charge is 2.29. The number of nitrogens with zero attached hydrogens (tertiary/aromatic N) is 1. The maximum absolute atomic E-state index is 14.8. The molecule has 0 bridgehead atoms. The molecule has 0 amide bonds. The van der Waals surface area contributed by atoms with Crippen LogP contribution in [-0.2, 0) is 14.6 Å². The molecule has 3 aromatic rings. The number of halogens is 2. The van der Waals surface area contributed by atoms with E-state index >= 15 is 0 Å². The Kier molecular flexibility index (Phi) is 5.75. The maximum Gasteiger partial charge on any atom is 0.307 e. The molecule has 0 saturated heterocycles. The van der Waals surface area contributed by atoms with Gasteiger partial charge in [-0.25, -0.2) is 12.8 Å². The number of aliphatic carboxylic acids is 1. The Labute approximate surface area is 188 Å². The molecule has 0 fully saturated rings. The third-order valence-corrected chi connectivity index (χ3v) is 7.09. The monoisotopic (exact) mass is 473 g/mol. The van der Waals surface area contributed by atoms with Crippen LogP contribution in [0.2, 0.25) is 5.02 Å². The lowest BCUT2D eigenvalue weighted by molar-refractivity contribution is -0.135. The molecule has 1 heterocycles. The Balaban J connectivity index is 1.79. The fourth-order valence-electron chi connectivity index (χ4n) is 3.59. The number of rotatable bonds is 6. The van der Waals surface area contributed by atoms with Gasteiger partial charge in [0.15, 0.2) is 0 Å². The van der Waals surface area contributed by atoms with E-state index in [2.05, 4.69) is 4.99 Å². The molecular formula is C23H17ClFNO5S. The summed E-state index contributed by atoms with van der Waals surface area (Å²) >= 11 is 5.94. The van der Waals surface area contributed by atoms with E-state index in [9.17, 15) is 22.7 Å². The first kappa shape index (κ1) is 22.0. The summed E-state index contributed by atoms with van der Waals surface area (Å²) in [7, 11) is -4.31. The molecule has 1 atom stereocenters. The first-order chi connectivity index (χ1) is 15.2. The molecule has 3 aromatic carbocycles. The highest BCUT2D eigenvalue weighted by Crippen LogP contribution is 2.28. The number of benzene rings is 3. The third-order valence-electron chi connectivity index (χ3n) is 5.02. The van der Waals surface area contributed by atoms with Gasteiger partial charge in [0.1, 0.15) is 22.2 Å². The van der Waals surface area contributed by atoms with Crippen molar-refractivity contribution in [1.82, 2.24) is 0 Å². The van der Waals surface area contributed by atoms with Gasteiger partial charge in [-0.2, -0.15) is 0 Å². The van der Waals surface area contributed by atoms with Gasteiger partial charge in [-0.1, -0.05) is 17.7 Å². The summed E-state index contributed by atoms with van der Waals surface area (Å²) < 4.78 is 47.2. The topological polar surface area (TPSA) is 93.0 Å². The molecule has 164 valence electrons. The number of carbonyl (C=O) groups is 1. The second kappa shape index (κ2) is 8.37. The van der Waals surface area contributed by atoms with Crippen molar-refractivity contribution in [3.63, 3.8) is 0 Å².